The van der Waals surface area contributed by atoms with Crippen LogP contribution in [0.15, 0.2) is 59.0 Å². The van der Waals surface area contributed by atoms with E-state index in [0.29, 0.717) is 11.4 Å². The first-order chi connectivity index (χ1) is 11.5. The highest BCUT2D eigenvalue weighted by Crippen LogP contribution is 2.42. The summed E-state index contributed by atoms with van der Waals surface area (Å²) in [6.45, 7) is 0. The van der Waals surface area contributed by atoms with Crippen LogP contribution in [0.1, 0.15) is 5.56 Å². The van der Waals surface area contributed by atoms with Gasteiger partial charge >= 0.3 is 0 Å². The molecule has 0 radical (unpaired) electrons. The second kappa shape index (κ2) is 5.73. The summed E-state index contributed by atoms with van der Waals surface area (Å²) in [5.74, 6) is -1.22. The summed E-state index contributed by atoms with van der Waals surface area (Å²) in [7, 11) is 3.39. The van der Waals surface area contributed by atoms with Gasteiger partial charge in [-0.2, -0.15) is 0 Å². The summed E-state index contributed by atoms with van der Waals surface area (Å²) in [6.07, 6.45) is 4.51. The van der Waals surface area contributed by atoms with Crippen molar-refractivity contribution < 1.29 is 19.8 Å². The van der Waals surface area contributed by atoms with Crippen molar-refractivity contribution in [1.82, 2.24) is 5.32 Å². The van der Waals surface area contributed by atoms with Crippen molar-refractivity contribution in [3.8, 4) is 5.75 Å². The van der Waals surface area contributed by atoms with Crippen molar-refractivity contribution in [2.45, 2.75) is 0 Å². The van der Waals surface area contributed by atoms with Crippen LogP contribution in [0.3, 0.4) is 0 Å². The van der Waals surface area contributed by atoms with E-state index in [0.717, 1.165) is 0 Å². The van der Waals surface area contributed by atoms with Crippen LogP contribution in [0.2, 0.25) is 0 Å². The number of anilines is 1. The molecule has 4 N–H and O–H groups in total. The molecule has 24 heavy (non-hydrogen) atoms. The highest BCUT2D eigenvalue weighted by molar-refractivity contribution is 6.41. The Bertz CT molecular complexity index is 888. The Balaban J connectivity index is 2.05. The third kappa shape index (κ3) is 2.28. The van der Waals surface area contributed by atoms with E-state index in [1.165, 1.54) is 18.2 Å². The average molecular weight is 324 g/mol. The SMILES string of the molecule is CNC1=CC(=O)/C(=C2\C(=O)C(c3ccc(NC)cc3O)=C2O)C=C1. The molecule has 1 aromatic rings. The lowest BCUT2D eigenvalue weighted by molar-refractivity contribution is -0.114. The Morgan fingerprint density at radius 2 is 1.71 bits per heavy atom. The molecule has 6 heteroatoms. The number of benzene rings is 1. The van der Waals surface area contributed by atoms with Crippen molar-refractivity contribution in [2.24, 2.45) is 0 Å². The van der Waals surface area contributed by atoms with E-state index in [1.807, 2.05) is 0 Å². The molecule has 3 rings (SSSR count). The molecular weight excluding hydrogens is 308 g/mol. The number of aliphatic hydroxyl groups is 1. The van der Waals surface area contributed by atoms with Crippen molar-refractivity contribution in [3.05, 3.63) is 64.6 Å². The predicted molar refractivity (Wildman–Crippen MR) is 90.5 cm³/mol. The number of ketones is 2. The summed E-state index contributed by atoms with van der Waals surface area (Å²) in [6, 6.07) is 4.69. The number of allylic oxidation sites excluding steroid dienone is 6. The quantitative estimate of drug-likeness (QED) is 0.633. The number of hydrogen-bond acceptors (Lipinski definition) is 6. The average Bonchev–Trinajstić information content (AvgIpc) is 2.58. The number of likely N-dealkylation sites (N-methyl/N-ethyl adjacent to an activating group) is 1. The minimum absolute atomic E-state index is 0.0160. The third-order valence-corrected chi connectivity index (χ3v) is 4.02. The maximum atomic E-state index is 12.5. The van der Waals surface area contributed by atoms with Gasteiger partial charge in [-0.3, -0.25) is 9.59 Å². The second-order valence-electron chi connectivity index (χ2n) is 5.37. The van der Waals surface area contributed by atoms with Crippen LogP contribution in [-0.2, 0) is 9.59 Å². The fourth-order valence-electron chi connectivity index (χ4n) is 2.69. The van der Waals surface area contributed by atoms with Crippen LogP contribution >= 0.6 is 0 Å². The topological polar surface area (TPSA) is 98.7 Å². The fraction of sp³-hybridized carbons (Fsp3) is 0.111. The van der Waals surface area contributed by atoms with Gasteiger partial charge in [0.2, 0.25) is 5.78 Å². The number of aliphatic hydroxyl groups excluding tert-OH is 1. The number of carbonyl (C=O) groups excluding carboxylic acids is 2. The molecule has 1 aromatic carbocycles. The van der Waals surface area contributed by atoms with Gasteiger partial charge in [-0.15, -0.1) is 0 Å². The summed E-state index contributed by atoms with van der Waals surface area (Å²) < 4.78 is 0. The molecule has 6 nitrogen and oxygen atoms in total. The zero-order valence-corrected chi connectivity index (χ0v) is 13.2. The predicted octanol–water partition coefficient (Wildman–Crippen LogP) is 1.82. The van der Waals surface area contributed by atoms with Crippen LogP contribution in [0.4, 0.5) is 5.69 Å². The van der Waals surface area contributed by atoms with Gasteiger partial charge in [-0.1, -0.05) is 0 Å². The van der Waals surface area contributed by atoms with Gasteiger partial charge in [0.15, 0.2) is 5.78 Å². The Morgan fingerprint density at radius 1 is 0.958 bits per heavy atom. The second-order valence-corrected chi connectivity index (χ2v) is 5.37. The molecule has 0 bridgehead atoms. The molecule has 0 spiro atoms. The molecule has 0 heterocycles. The monoisotopic (exact) mass is 324 g/mol. The zero-order chi connectivity index (χ0) is 17.4. The molecule has 0 aromatic heterocycles. The van der Waals surface area contributed by atoms with Crippen LogP contribution in [0.5, 0.6) is 5.75 Å². The molecular formula is C18H16N2O4. The molecule has 0 saturated heterocycles. The minimum atomic E-state index is -0.464. The Labute approximate surface area is 138 Å². The first-order valence-electron chi connectivity index (χ1n) is 7.33. The minimum Gasteiger partial charge on any atom is -0.507 e. The van der Waals surface area contributed by atoms with Crippen LogP contribution in [0.25, 0.3) is 5.57 Å². The maximum Gasteiger partial charge on any atom is 0.202 e. The van der Waals surface area contributed by atoms with Crippen molar-refractivity contribution >= 4 is 22.8 Å². The van der Waals surface area contributed by atoms with Gasteiger partial charge < -0.3 is 20.8 Å². The summed E-state index contributed by atoms with van der Waals surface area (Å²) in [5, 5.41) is 26.1. The lowest BCUT2D eigenvalue weighted by atomic mass is 9.79. The number of Topliss-reactive ketones (excluding diaryl/α,β-unsaturated/α-hetero) is 1. The van der Waals surface area contributed by atoms with Crippen molar-refractivity contribution in [1.29, 1.82) is 0 Å². The number of hydrogen-bond donors (Lipinski definition) is 4. The lowest BCUT2D eigenvalue weighted by Crippen LogP contribution is -2.25. The fourth-order valence-corrected chi connectivity index (χ4v) is 2.69. The van der Waals surface area contributed by atoms with Gasteiger partial charge in [0, 0.05) is 48.8 Å². The van der Waals surface area contributed by atoms with Gasteiger partial charge in [0.1, 0.15) is 11.5 Å². The first-order valence-corrected chi connectivity index (χ1v) is 7.33. The van der Waals surface area contributed by atoms with E-state index in [1.54, 1.807) is 32.3 Å². The molecule has 0 aliphatic heterocycles. The first kappa shape index (κ1) is 15.6. The zero-order valence-electron chi connectivity index (χ0n) is 13.2. The molecule has 2 aliphatic carbocycles. The summed E-state index contributed by atoms with van der Waals surface area (Å²) in [5.41, 5.74) is 1.68. The number of carbonyl (C=O) groups is 2. The molecule has 122 valence electrons. The molecule has 0 unspecified atom stereocenters. The Hall–Kier alpha value is -3.28. The maximum absolute atomic E-state index is 12.5. The smallest absolute Gasteiger partial charge is 0.202 e. The van der Waals surface area contributed by atoms with Gasteiger partial charge in [0.25, 0.3) is 0 Å². The Kier molecular flexibility index (Phi) is 3.73. The number of aromatic hydroxyl groups is 1. The standard InChI is InChI=1S/C18H16N2O4/c1-19-9-3-5-11(13(21)7-9)15-17(23)16(18(15)24)12-6-4-10(20-2)8-14(12)22/h3-8,19-21,23H,1-2H3/b16-12-. The highest BCUT2D eigenvalue weighted by Gasteiger charge is 2.39. The van der Waals surface area contributed by atoms with Gasteiger partial charge in [-0.25, -0.2) is 0 Å². The van der Waals surface area contributed by atoms with Crippen molar-refractivity contribution in [3.63, 3.8) is 0 Å². The van der Waals surface area contributed by atoms with Gasteiger partial charge in [0.05, 0.1) is 11.1 Å². The van der Waals surface area contributed by atoms with E-state index in [-0.39, 0.29) is 39.6 Å². The van der Waals surface area contributed by atoms with Gasteiger partial charge in [-0.05, 0) is 24.3 Å². The summed E-state index contributed by atoms with van der Waals surface area (Å²) in [4.78, 5) is 24.6. The normalized spacial score (nSPS) is 20.0. The molecule has 2 aliphatic rings. The third-order valence-electron chi connectivity index (χ3n) is 4.02. The summed E-state index contributed by atoms with van der Waals surface area (Å²) >= 11 is 0. The lowest BCUT2D eigenvalue weighted by Gasteiger charge is -2.24. The number of phenolic OH excluding ortho intramolecular Hbond substituents is 1. The van der Waals surface area contributed by atoms with Crippen LogP contribution < -0.4 is 10.6 Å². The Morgan fingerprint density at radius 3 is 2.25 bits per heavy atom. The molecule has 0 fully saturated rings. The highest BCUT2D eigenvalue weighted by atomic mass is 16.3. The van der Waals surface area contributed by atoms with E-state index in [4.69, 9.17) is 0 Å². The van der Waals surface area contributed by atoms with E-state index < -0.39 is 5.78 Å². The molecule has 0 saturated carbocycles. The molecule has 0 amide bonds. The van der Waals surface area contributed by atoms with Crippen LogP contribution in [-0.4, -0.2) is 35.9 Å². The number of rotatable bonds is 3. The molecule has 0 atom stereocenters. The largest absolute Gasteiger partial charge is 0.507 e. The van der Waals surface area contributed by atoms with E-state index >= 15 is 0 Å². The van der Waals surface area contributed by atoms with Crippen molar-refractivity contribution in [2.75, 3.05) is 19.4 Å². The van der Waals surface area contributed by atoms with Crippen LogP contribution in [0, 0.1) is 0 Å². The van der Waals surface area contributed by atoms with E-state index in [2.05, 4.69) is 10.6 Å². The van der Waals surface area contributed by atoms with E-state index in [9.17, 15) is 19.8 Å². The number of nitrogens with one attached hydrogen (secondary N) is 2. The number of phenols is 1.